The van der Waals surface area contributed by atoms with Crippen molar-refractivity contribution < 1.29 is 21.6 Å². The minimum absolute atomic E-state index is 0.0551. The average Bonchev–Trinajstić information content (AvgIpc) is 2.88. The van der Waals surface area contributed by atoms with Gasteiger partial charge in [0.2, 0.25) is 0 Å². The average molecular weight is 344 g/mol. The Hall–Kier alpha value is -0.710. The minimum atomic E-state index is -4.04. The molecule has 0 N–H and O–H groups in total. The van der Waals surface area contributed by atoms with Gasteiger partial charge in [-0.05, 0) is 6.42 Å². The van der Waals surface area contributed by atoms with Crippen LogP contribution in [0, 0.1) is 0 Å². The number of aromatic nitrogens is 3. The van der Waals surface area contributed by atoms with Gasteiger partial charge in [0, 0.05) is 30.3 Å². The van der Waals surface area contributed by atoms with Gasteiger partial charge in [0.1, 0.15) is 5.82 Å². The largest absolute Gasteiger partial charge is 0.383 e. The number of sulfone groups is 1. The normalized spacial score (nSPS) is 22.2. The van der Waals surface area contributed by atoms with Gasteiger partial charge < -0.3 is 4.74 Å². The lowest BCUT2D eigenvalue weighted by molar-refractivity contribution is 0.183. The Morgan fingerprint density at radius 1 is 1.45 bits per heavy atom. The van der Waals surface area contributed by atoms with Crippen molar-refractivity contribution in [3.05, 3.63) is 5.82 Å². The van der Waals surface area contributed by atoms with E-state index in [0.717, 1.165) is 0 Å². The molecule has 0 radical (unpaired) electrons. The Bertz CT molecular complexity index is 697. The SMILES string of the molecule is COCCn1c(C2CCS(=O)(=O)C2)nnc1S(=O)(=O)Cl. The van der Waals surface area contributed by atoms with Crippen molar-refractivity contribution in [2.45, 2.75) is 24.0 Å². The van der Waals surface area contributed by atoms with Crippen LogP contribution in [0.3, 0.4) is 0 Å². The Morgan fingerprint density at radius 3 is 2.65 bits per heavy atom. The van der Waals surface area contributed by atoms with E-state index < -0.39 is 18.9 Å². The van der Waals surface area contributed by atoms with Crippen LogP contribution in [0.1, 0.15) is 18.2 Å². The van der Waals surface area contributed by atoms with Gasteiger partial charge in [-0.2, -0.15) is 0 Å². The molecule has 0 amide bonds. The van der Waals surface area contributed by atoms with Crippen molar-refractivity contribution in [2.24, 2.45) is 0 Å². The minimum Gasteiger partial charge on any atom is -0.383 e. The molecule has 1 saturated heterocycles. The third kappa shape index (κ3) is 3.30. The molecule has 1 fully saturated rings. The van der Waals surface area contributed by atoms with Crippen LogP contribution in [0.15, 0.2) is 5.16 Å². The summed E-state index contributed by atoms with van der Waals surface area (Å²) in [6, 6.07) is 0. The van der Waals surface area contributed by atoms with Crippen molar-refractivity contribution in [3.63, 3.8) is 0 Å². The van der Waals surface area contributed by atoms with Gasteiger partial charge in [0.15, 0.2) is 9.84 Å². The van der Waals surface area contributed by atoms with Crippen LogP contribution in [0.4, 0.5) is 0 Å². The van der Waals surface area contributed by atoms with Crippen LogP contribution in [0.25, 0.3) is 0 Å². The topological polar surface area (TPSA) is 108 Å². The van der Waals surface area contributed by atoms with E-state index >= 15 is 0 Å². The number of ether oxygens (including phenoxy) is 1. The summed E-state index contributed by atoms with van der Waals surface area (Å²) in [6.45, 7) is 0.431. The molecular formula is C9H14ClN3O5S2. The van der Waals surface area contributed by atoms with Crippen LogP contribution < -0.4 is 0 Å². The van der Waals surface area contributed by atoms with E-state index in [0.29, 0.717) is 12.2 Å². The van der Waals surface area contributed by atoms with Gasteiger partial charge in [-0.15, -0.1) is 10.2 Å². The van der Waals surface area contributed by atoms with Crippen LogP contribution in [0.2, 0.25) is 0 Å². The third-order valence-electron chi connectivity index (χ3n) is 3.08. The molecule has 2 heterocycles. The zero-order valence-corrected chi connectivity index (χ0v) is 13.1. The number of methoxy groups -OCH3 is 1. The molecule has 0 bridgehead atoms. The molecule has 114 valence electrons. The maximum atomic E-state index is 11.5. The van der Waals surface area contributed by atoms with Crippen LogP contribution in [-0.2, 0) is 30.2 Å². The van der Waals surface area contributed by atoms with Gasteiger partial charge >= 0.3 is 0 Å². The second kappa shape index (κ2) is 5.58. The summed E-state index contributed by atoms with van der Waals surface area (Å²) in [6.07, 6.45) is 0.399. The molecule has 1 aromatic rings. The van der Waals surface area contributed by atoms with Gasteiger partial charge in [0.25, 0.3) is 14.2 Å². The third-order valence-corrected chi connectivity index (χ3v) is 6.00. The highest BCUT2D eigenvalue weighted by molar-refractivity contribution is 8.13. The molecule has 20 heavy (non-hydrogen) atoms. The summed E-state index contributed by atoms with van der Waals surface area (Å²) >= 11 is 0. The lowest BCUT2D eigenvalue weighted by Gasteiger charge is -2.11. The first-order chi connectivity index (χ1) is 9.24. The first-order valence-electron chi connectivity index (χ1n) is 5.82. The molecule has 0 aliphatic carbocycles. The van der Waals surface area contributed by atoms with E-state index in [4.69, 9.17) is 15.4 Å². The smallest absolute Gasteiger partial charge is 0.296 e. The summed E-state index contributed by atoms with van der Waals surface area (Å²) in [7, 11) is -0.367. The first-order valence-corrected chi connectivity index (χ1v) is 9.95. The highest BCUT2D eigenvalue weighted by Crippen LogP contribution is 2.29. The molecule has 2 rings (SSSR count). The molecule has 1 unspecified atom stereocenters. The van der Waals surface area contributed by atoms with Gasteiger partial charge in [-0.1, -0.05) is 0 Å². The summed E-state index contributed by atoms with van der Waals surface area (Å²) in [5.74, 6) is -0.0306. The number of hydrogen-bond donors (Lipinski definition) is 0. The Kier molecular flexibility index (Phi) is 4.38. The monoisotopic (exact) mass is 343 g/mol. The Labute approximate surface area is 121 Å². The van der Waals surface area contributed by atoms with Crippen molar-refractivity contribution in [2.75, 3.05) is 25.2 Å². The van der Waals surface area contributed by atoms with E-state index in [1.165, 1.54) is 11.7 Å². The molecule has 1 atom stereocenters. The second-order valence-electron chi connectivity index (χ2n) is 4.52. The molecule has 0 aromatic carbocycles. The predicted octanol–water partition coefficient (Wildman–Crippen LogP) is -0.246. The van der Waals surface area contributed by atoms with Gasteiger partial charge in [-0.25, -0.2) is 16.8 Å². The van der Waals surface area contributed by atoms with E-state index in [9.17, 15) is 16.8 Å². The second-order valence-corrected chi connectivity index (χ2v) is 9.21. The summed E-state index contributed by atoms with van der Waals surface area (Å²) in [5.41, 5.74) is 0. The van der Waals surface area contributed by atoms with E-state index in [1.54, 1.807) is 0 Å². The lowest BCUT2D eigenvalue weighted by Crippen LogP contribution is -2.16. The summed E-state index contributed by atoms with van der Waals surface area (Å²) in [4.78, 5) is 0. The number of nitrogens with zero attached hydrogens (tertiary/aromatic N) is 3. The Balaban J connectivity index is 2.41. The maximum absolute atomic E-state index is 11.5. The molecule has 1 aliphatic rings. The van der Waals surface area contributed by atoms with Gasteiger partial charge in [0.05, 0.1) is 18.1 Å². The first kappa shape index (κ1) is 15.7. The standard InChI is InChI=1S/C9H14ClN3O5S2/c1-18-4-3-13-8(7-2-5-19(14,15)6-7)11-12-9(13)20(10,16)17/h7H,2-6H2,1H3. The summed E-state index contributed by atoms with van der Waals surface area (Å²) in [5, 5.41) is 7.01. The summed E-state index contributed by atoms with van der Waals surface area (Å²) < 4.78 is 52.2. The molecule has 11 heteroatoms. The quantitative estimate of drug-likeness (QED) is 0.678. The molecule has 0 spiro atoms. The molecular weight excluding hydrogens is 330 g/mol. The van der Waals surface area contributed by atoms with E-state index in [1.807, 2.05) is 0 Å². The highest BCUT2D eigenvalue weighted by Gasteiger charge is 2.34. The number of halogens is 1. The van der Waals surface area contributed by atoms with Crippen molar-refractivity contribution >= 4 is 29.6 Å². The lowest BCUT2D eigenvalue weighted by atomic mass is 10.1. The highest BCUT2D eigenvalue weighted by atomic mass is 35.7. The molecule has 0 saturated carbocycles. The zero-order chi connectivity index (χ0) is 15.0. The van der Waals surface area contributed by atoms with Crippen LogP contribution in [0.5, 0.6) is 0 Å². The zero-order valence-electron chi connectivity index (χ0n) is 10.7. The van der Waals surface area contributed by atoms with Crippen LogP contribution >= 0.6 is 10.7 Å². The van der Waals surface area contributed by atoms with Crippen molar-refractivity contribution in [1.29, 1.82) is 0 Å². The van der Waals surface area contributed by atoms with Crippen molar-refractivity contribution in [1.82, 2.24) is 14.8 Å². The predicted molar refractivity (Wildman–Crippen MR) is 70.9 cm³/mol. The molecule has 8 nitrogen and oxygen atoms in total. The number of hydrogen-bond acceptors (Lipinski definition) is 7. The fourth-order valence-electron chi connectivity index (χ4n) is 2.17. The molecule has 1 aliphatic heterocycles. The fraction of sp³-hybridized carbons (Fsp3) is 0.778. The fourth-order valence-corrected chi connectivity index (χ4v) is 4.84. The molecule has 1 aromatic heterocycles. The maximum Gasteiger partial charge on any atom is 0.296 e. The van der Waals surface area contributed by atoms with Crippen LogP contribution in [-0.4, -0.2) is 56.8 Å². The van der Waals surface area contributed by atoms with Gasteiger partial charge in [-0.3, -0.25) is 4.57 Å². The van der Waals surface area contributed by atoms with E-state index in [2.05, 4.69) is 10.2 Å². The Morgan fingerprint density at radius 2 is 2.15 bits per heavy atom. The van der Waals surface area contributed by atoms with Crippen molar-refractivity contribution in [3.8, 4) is 0 Å². The number of rotatable bonds is 5. The van der Waals surface area contributed by atoms with E-state index in [-0.39, 0.29) is 35.7 Å².